The number of carbonyl (C=O) groups is 1. The molecule has 0 saturated carbocycles. The van der Waals surface area contributed by atoms with Crippen LogP contribution in [0.15, 0.2) is 84.9 Å². The van der Waals surface area contributed by atoms with Gasteiger partial charge < -0.3 is 5.32 Å². The molecule has 0 unspecified atom stereocenters. The van der Waals surface area contributed by atoms with Crippen LogP contribution in [0.5, 0.6) is 0 Å². The molecule has 1 aromatic heterocycles. The van der Waals surface area contributed by atoms with Crippen molar-refractivity contribution in [3.05, 3.63) is 99.8 Å². The first-order chi connectivity index (χ1) is 13.7. The summed E-state index contributed by atoms with van der Waals surface area (Å²) in [6.07, 6.45) is 0. The number of aromatic nitrogens is 3. The van der Waals surface area contributed by atoms with Crippen molar-refractivity contribution < 1.29 is 4.79 Å². The molecule has 4 rings (SSSR count). The highest BCUT2D eigenvalue weighted by Crippen LogP contribution is 2.26. The summed E-state index contributed by atoms with van der Waals surface area (Å²) < 4.78 is 2.83. The maximum absolute atomic E-state index is 12.4. The van der Waals surface area contributed by atoms with E-state index in [0.717, 1.165) is 20.6 Å². The lowest BCUT2D eigenvalue weighted by atomic mass is 10.1. The molecule has 4 aromatic rings. The number of rotatable bonds is 5. The summed E-state index contributed by atoms with van der Waals surface area (Å²) in [6, 6.07) is 27.0. The Morgan fingerprint density at radius 2 is 1.64 bits per heavy atom. The number of nitrogens with one attached hydrogen (secondary N) is 1. The average molecular weight is 480 g/mol. The molecule has 0 spiro atoms. The first-order valence-corrected chi connectivity index (χ1v) is 9.88. The van der Waals surface area contributed by atoms with Gasteiger partial charge in [0.2, 0.25) is 0 Å². The second kappa shape index (κ2) is 8.35. The third kappa shape index (κ3) is 4.12. The standard InChI is InChI=1S/C22H17IN4O/c23-21-20(25-26-27(21)15-16-8-3-1-4-9-16)18-12-7-13-19(14-18)24-22(28)17-10-5-2-6-11-17/h1-14H,15H2,(H,24,28). The van der Waals surface area contributed by atoms with Crippen molar-refractivity contribution in [2.45, 2.75) is 6.54 Å². The molecule has 1 heterocycles. The topological polar surface area (TPSA) is 59.8 Å². The number of benzene rings is 3. The maximum atomic E-state index is 12.4. The molecule has 1 amide bonds. The molecule has 1 N–H and O–H groups in total. The largest absolute Gasteiger partial charge is 0.322 e. The normalized spacial score (nSPS) is 10.6. The summed E-state index contributed by atoms with van der Waals surface area (Å²) in [5.41, 5.74) is 4.22. The van der Waals surface area contributed by atoms with Crippen LogP contribution in [0.3, 0.4) is 0 Å². The van der Waals surface area contributed by atoms with Gasteiger partial charge in [-0.25, -0.2) is 4.68 Å². The third-order valence-electron chi connectivity index (χ3n) is 4.28. The summed E-state index contributed by atoms with van der Waals surface area (Å²) in [7, 11) is 0. The zero-order valence-electron chi connectivity index (χ0n) is 14.9. The van der Waals surface area contributed by atoms with Crippen LogP contribution in [0.2, 0.25) is 0 Å². The first-order valence-electron chi connectivity index (χ1n) is 8.80. The van der Waals surface area contributed by atoms with Crippen LogP contribution in [0.4, 0.5) is 5.69 Å². The van der Waals surface area contributed by atoms with E-state index in [1.807, 2.05) is 65.3 Å². The van der Waals surface area contributed by atoms with Crippen molar-refractivity contribution in [1.29, 1.82) is 0 Å². The number of hydrogen-bond acceptors (Lipinski definition) is 3. The van der Waals surface area contributed by atoms with E-state index in [2.05, 4.69) is 50.4 Å². The summed E-state index contributed by atoms with van der Waals surface area (Å²) in [6.45, 7) is 0.663. The molecular weight excluding hydrogens is 463 g/mol. The van der Waals surface area contributed by atoms with Crippen LogP contribution in [0, 0.1) is 3.70 Å². The molecule has 0 aliphatic rings. The van der Waals surface area contributed by atoms with Crippen molar-refractivity contribution >= 4 is 34.2 Å². The predicted molar refractivity (Wildman–Crippen MR) is 118 cm³/mol. The van der Waals surface area contributed by atoms with Crippen LogP contribution in [-0.4, -0.2) is 20.9 Å². The molecule has 28 heavy (non-hydrogen) atoms. The highest BCUT2D eigenvalue weighted by molar-refractivity contribution is 14.1. The van der Waals surface area contributed by atoms with E-state index in [1.165, 1.54) is 5.56 Å². The van der Waals surface area contributed by atoms with E-state index in [1.54, 1.807) is 12.1 Å². The highest BCUT2D eigenvalue weighted by atomic mass is 127. The van der Waals surface area contributed by atoms with Crippen molar-refractivity contribution in [1.82, 2.24) is 15.0 Å². The monoisotopic (exact) mass is 480 g/mol. The fourth-order valence-corrected chi connectivity index (χ4v) is 3.56. The second-order valence-electron chi connectivity index (χ2n) is 6.27. The van der Waals surface area contributed by atoms with Gasteiger partial charge in [-0.15, -0.1) is 5.10 Å². The lowest BCUT2D eigenvalue weighted by Gasteiger charge is -2.07. The molecule has 5 nitrogen and oxygen atoms in total. The van der Waals surface area contributed by atoms with Gasteiger partial charge in [-0.3, -0.25) is 4.79 Å². The number of carbonyl (C=O) groups excluding carboxylic acids is 1. The van der Waals surface area contributed by atoms with Gasteiger partial charge in [-0.1, -0.05) is 65.9 Å². The number of hydrogen-bond donors (Lipinski definition) is 1. The van der Waals surface area contributed by atoms with E-state index < -0.39 is 0 Å². The summed E-state index contributed by atoms with van der Waals surface area (Å²) >= 11 is 2.26. The predicted octanol–water partition coefficient (Wildman–Crippen LogP) is 4.85. The molecule has 0 aliphatic carbocycles. The molecule has 6 heteroatoms. The Kier molecular flexibility index (Phi) is 5.48. The van der Waals surface area contributed by atoms with Crippen LogP contribution in [0.1, 0.15) is 15.9 Å². The molecule has 0 aliphatic heterocycles. The lowest BCUT2D eigenvalue weighted by Crippen LogP contribution is -2.11. The fraction of sp³-hybridized carbons (Fsp3) is 0.0455. The Balaban J connectivity index is 1.55. The Morgan fingerprint density at radius 3 is 2.39 bits per heavy atom. The van der Waals surface area contributed by atoms with Crippen molar-refractivity contribution in [2.24, 2.45) is 0 Å². The minimum atomic E-state index is -0.139. The number of halogens is 1. The minimum Gasteiger partial charge on any atom is -0.322 e. The molecule has 0 bridgehead atoms. The molecule has 3 aromatic carbocycles. The molecule has 0 radical (unpaired) electrons. The smallest absolute Gasteiger partial charge is 0.255 e. The van der Waals surface area contributed by atoms with Gasteiger partial charge in [0, 0.05) is 16.8 Å². The van der Waals surface area contributed by atoms with Crippen LogP contribution in [-0.2, 0) is 6.54 Å². The Hall–Kier alpha value is -3.00. The van der Waals surface area contributed by atoms with Gasteiger partial charge in [-0.2, -0.15) is 0 Å². The number of amides is 1. The quantitative estimate of drug-likeness (QED) is 0.416. The van der Waals surface area contributed by atoms with Crippen LogP contribution in [0.25, 0.3) is 11.3 Å². The summed E-state index contributed by atoms with van der Waals surface area (Å²) in [5, 5.41) is 11.6. The maximum Gasteiger partial charge on any atom is 0.255 e. The van der Waals surface area contributed by atoms with E-state index in [9.17, 15) is 4.79 Å². The third-order valence-corrected chi connectivity index (χ3v) is 5.35. The molecule has 0 fully saturated rings. The lowest BCUT2D eigenvalue weighted by molar-refractivity contribution is 0.102. The molecule has 0 saturated heterocycles. The first kappa shape index (κ1) is 18.4. The fourth-order valence-electron chi connectivity index (χ4n) is 2.87. The van der Waals surface area contributed by atoms with Gasteiger partial charge in [0.05, 0.1) is 6.54 Å². The summed E-state index contributed by atoms with van der Waals surface area (Å²) in [5.74, 6) is -0.139. The minimum absolute atomic E-state index is 0.139. The number of nitrogens with zero attached hydrogens (tertiary/aromatic N) is 3. The Bertz CT molecular complexity index is 1090. The van der Waals surface area contributed by atoms with Gasteiger partial charge >= 0.3 is 0 Å². The summed E-state index contributed by atoms with van der Waals surface area (Å²) in [4.78, 5) is 12.4. The zero-order chi connectivity index (χ0) is 19.3. The van der Waals surface area contributed by atoms with Gasteiger partial charge in [0.25, 0.3) is 5.91 Å². The Labute approximate surface area is 176 Å². The van der Waals surface area contributed by atoms with Crippen molar-refractivity contribution in [3.8, 4) is 11.3 Å². The van der Waals surface area contributed by atoms with Crippen molar-refractivity contribution in [2.75, 3.05) is 5.32 Å². The molecule has 0 atom stereocenters. The van der Waals surface area contributed by atoms with Crippen LogP contribution >= 0.6 is 22.6 Å². The second-order valence-corrected chi connectivity index (χ2v) is 7.29. The Morgan fingerprint density at radius 1 is 0.929 bits per heavy atom. The van der Waals surface area contributed by atoms with Gasteiger partial charge in [-0.05, 0) is 52.4 Å². The van der Waals surface area contributed by atoms with E-state index >= 15 is 0 Å². The van der Waals surface area contributed by atoms with Gasteiger partial charge in [0.1, 0.15) is 9.39 Å². The zero-order valence-corrected chi connectivity index (χ0v) is 17.1. The average Bonchev–Trinajstić information content (AvgIpc) is 3.10. The van der Waals surface area contributed by atoms with Gasteiger partial charge in [0.15, 0.2) is 0 Å². The molecule has 138 valence electrons. The van der Waals surface area contributed by atoms with Crippen molar-refractivity contribution in [3.63, 3.8) is 0 Å². The van der Waals surface area contributed by atoms with E-state index in [-0.39, 0.29) is 5.91 Å². The molecular formula is C22H17IN4O. The highest BCUT2D eigenvalue weighted by Gasteiger charge is 2.14. The SMILES string of the molecule is O=C(Nc1cccc(-c2nnn(Cc3ccccc3)c2I)c1)c1ccccc1. The van der Waals surface area contributed by atoms with E-state index in [0.29, 0.717) is 12.1 Å². The van der Waals surface area contributed by atoms with Crippen LogP contribution < -0.4 is 5.32 Å². The van der Waals surface area contributed by atoms with E-state index in [4.69, 9.17) is 0 Å². The number of anilines is 1.